The second-order valence-corrected chi connectivity index (χ2v) is 12.1. The number of hydrogen-bond donors (Lipinski definition) is 1. The highest BCUT2D eigenvalue weighted by Crippen LogP contribution is 2.23. The maximum absolute atomic E-state index is 13.2. The molecule has 10 nitrogen and oxygen atoms in total. The number of nitrogens with one attached hydrogen (secondary N) is 1. The van der Waals surface area contributed by atoms with Crippen LogP contribution >= 0.6 is 0 Å². The number of ether oxygens (including phenoxy) is 1. The highest BCUT2D eigenvalue weighted by Gasteiger charge is 2.37. The van der Waals surface area contributed by atoms with Crippen LogP contribution in [0.4, 0.5) is 4.79 Å². The Balaban J connectivity index is 1.42. The van der Waals surface area contributed by atoms with E-state index in [1.54, 1.807) is 6.92 Å². The topological polar surface area (TPSA) is 102 Å². The fraction of sp³-hybridized carbons (Fsp3) is 0.913. The van der Waals surface area contributed by atoms with Crippen molar-refractivity contribution in [2.45, 2.75) is 46.5 Å². The zero-order valence-corrected chi connectivity index (χ0v) is 21.9. The van der Waals surface area contributed by atoms with Gasteiger partial charge in [0.25, 0.3) is 10.2 Å². The summed E-state index contributed by atoms with van der Waals surface area (Å²) >= 11 is 0. The van der Waals surface area contributed by atoms with E-state index in [-0.39, 0.29) is 31.5 Å². The van der Waals surface area contributed by atoms with Crippen LogP contribution in [0.3, 0.4) is 0 Å². The molecule has 3 saturated heterocycles. The van der Waals surface area contributed by atoms with Crippen LogP contribution in [-0.2, 0) is 19.7 Å². The quantitative estimate of drug-likeness (QED) is 0.502. The minimum Gasteiger partial charge on any atom is -0.450 e. The van der Waals surface area contributed by atoms with Gasteiger partial charge in [-0.1, -0.05) is 13.8 Å². The second kappa shape index (κ2) is 12.5. The molecule has 34 heavy (non-hydrogen) atoms. The number of nitrogens with zero attached hydrogens (tertiary/aromatic N) is 4. The number of likely N-dealkylation sites (tertiary alicyclic amines) is 1. The molecule has 0 spiro atoms. The molecule has 0 aromatic carbocycles. The Labute approximate surface area is 205 Å². The molecule has 0 saturated carbocycles. The lowest BCUT2D eigenvalue weighted by Crippen LogP contribution is -2.56. The molecule has 3 aliphatic rings. The van der Waals surface area contributed by atoms with Crippen molar-refractivity contribution in [3.8, 4) is 0 Å². The lowest BCUT2D eigenvalue weighted by molar-refractivity contribution is -0.126. The van der Waals surface area contributed by atoms with E-state index in [1.807, 2.05) is 0 Å². The molecule has 0 unspecified atom stereocenters. The average Bonchev–Trinajstić information content (AvgIpc) is 2.81. The second-order valence-electron chi connectivity index (χ2n) is 10.1. The molecule has 3 heterocycles. The third-order valence-electron chi connectivity index (χ3n) is 7.07. The minimum atomic E-state index is -3.66. The van der Waals surface area contributed by atoms with Crippen molar-refractivity contribution in [1.29, 1.82) is 0 Å². The third kappa shape index (κ3) is 7.29. The zero-order chi connectivity index (χ0) is 24.7. The van der Waals surface area contributed by atoms with E-state index in [4.69, 9.17) is 4.74 Å². The summed E-state index contributed by atoms with van der Waals surface area (Å²) in [6.45, 7) is 12.2. The molecule has 0 aromatic heterocycles. The van der Waals surface area contributed by atoms with Gasteiger partial charge in [0.1, 0.15) is 0 Å². The van der Waals surface area contributed by atoms with Crippen LogP contribution in [0.25, 0.3) is 0 Å². The van der Waals surface area contributed by atoms with Crippen molar-refractivity contribution in [1.82, 2.24) is 23.7 Å². The molecular weight excluding hydrogens is 458 g/mol. The summed E-state index contributed by atoms with van der Waals surface area (Å²) in [6, 6.07) is 0. The first-order valence-electron chi connectivity index (χ1n) is 12.9. The van der Waals surface area contributed by atoms with Crippen molar-refractivity contribution >= 4 is 22.2 Å². The highest BCUT2D eigenvalue weighted by atomic mass is 32.2. The summed E-state index contributed by atoms with van der Waals surface area (Å²) in [5, 5.41) is 3.04. The molecule has 0 radical (unpaired) electrons. The standard InChI is InChI=1S/C23H43N5O5S/c1-4-33-23(30)26-11-13-27(14-12-26)34(31,32)28-10-5-7-21(18-28)22(29)24-8-6-9-25-16-19(2)15-20(3)17-25/h19-21H,4-18H2,1-3H3,(H,24,29)/t19-,20-,21+/m1/s1. The Morgan fingerprint density at radius 3 is 2.29 bits per heavy atom. The van der Waals surface area contributed by atoms with E-state index in [0.717, 1.165) is 37.9 Å². The molecule has 1 N–H and O–H groups in total. The molecule has 3 fully saturated rings. The largest absolute Gasteiger partial charge is 0.450 e. The van der Waals surface area contributed by atoms with Crippen LogP contribution < -0.4 is 5.32 Å². The lowest BCUT2D eigenvalue weighted by Gasteiger charge is -2.38. The summed E-state index contributed by atoms with van der Waals surface area (Å²) < 4.78 is 34.2. The van der Waals surface area contributed by atoms with Gasteiger partial charge < -0.3 is 19.9 Å². The van der Waals surface area contributed by atoms with Gasteiger partial charge in [0.2, 0.25) is 5.91 Å². The molecule has 3 rings (SSSR count). The third-order valence-corrected chi connectivity index (χ3v) is 9.07. The maximum atomic E-state index is 13.2. The van der Waals surface area contributed by atoms with E-state index in [9.17, 15) is 18.0 Å². The fourth-order valence-electron chi connectivity index (χ4n) is 5.48. The summed E-state index contributed by atoms with van der Waals surface area (Å²) in [5.41, 5.74) is 0. The SMILES string of the molecule is CCOC(=O)N1CCN(S(=O)(=O)N2CCC[C@H](C(=O)NCCCN3C[C@H](C)C[C@@H](C)C3)C2)CC1. The predicted octanol–water partition coefficient (Wildman–Crippen LogP) is 1.20. The normalized spacial score (nSPS) is 28.0. The van der Waals surface area contributed by atoms with E-state index in [1.165, 1.54) is 19.9 Å². The van der Waals surface area contributed by atoms with Crippen molar-refractivity contribution in [3.05, 3.63) is 0 Å². The number of hydrogen-bond acceptors (Lipinski definition) is 6. The van der Waals surface area contributed by atoms with E-state index >= 15 is 0 Å². The molecule has 3 atom stereocenters. The van der Waals surface area contributed by atoms with Gasteiger partial charge in [-0.3, -0.25) is 4.79 Å². The monoisotopic (exact) mass is 501 g/mol. The Hall–Kier alpha value is -1.43. The Bertz CT molecular complexity index is 777. The first-order valence-corrected chi connectivity index (χ1v) is 14.3. The molecule has 2 amide bonds. The molecular formula is C23H43N5O5S. The van der Waals surface area contributed by atoms with E-state index in [2.05, 4.69) is 24.1 Å². The lowest BCUT2D eigenvalue weighted by atomic mass is 9.92. The van der Waals surface area contributed by atoms with Crippen LogP contribution in [0.15, 0.2) is 0 Å². The van der Waals surface area contributed by atoms with Crippen molar-refractivity contribution in [3.63, 3.8) is 0 Å². The number of carbonyl (C=O) groups excluding carboxylic acids is 2. The molecule has 11 heteroatoms. The number of carbonyl (C=O) groups is 2. The first-order chi connectivity index (χ1) is 16.2. The van der Waals surface area contributed by atoms with Gasteiger partial charge in [-0.2, -0.15) is 17.0 Å². The fourth-order valence-corrected chi connectivity index (χ4v) is 7.16. The first kappa shape index (κ1) is 27.2. The maximum Gasteiger partial charge on any atom is 0.409 e. The summed E-state index contributed by atoms with van der Waals surface area (Å²) in [4.78, 5) is 28.7. The number of piperazine rings is 1. The predicted molar refractivity (Wildman–Crippen MR) is 130 cm³/mol. The summed E-state index contributed by atoms with van der Waals surface area (Å²) in [7, 11) is -3.66. The Morgan fingerprint density at radius 1 is 0.971 bits per heavy atom. The van der Waals surface area contributed by atoms with Crippen LogP contribution in [0.1, 0.15) is 46.5 Å². The van der Waals surface area contributed by atoms with Gasteiger partial charge in [-0.15, -0.1) is 0 Å². The van der Waals surface area contributed by atoms with Gasteiger partial charge in [0.05, 0.1) is 12.5 Å². The van der Waals surface area contributed by atoms with Gasteiger partial charge in [-0.25, -0.2) is 4.79 Å². The van der Waals surface area contributed by atoms with Crippen molar-refractivity contribution < 1.29 is 22.7 Å². The molecule has 3 aliphatic heterocycles. The number of piperidine rings is 2. The zero-order valence-electron chi connectivity index (χ0n) is 21.1. The van der Waals surface area contributed by atoms with Gasteiger partial charge in [0, 0.05) is 58.9 Å². The number of rotatable bonds is 8. The van der Waals surface area contributed by atoms with Crippen LogP contribution in [0.5, 0.6) is 0 Å². The molecule has 0 aliphatic carbocycles. The van der Waals surface area contributed by atoms with E-state index < -0.39 is 16.3 Å². The van der Waals surface area contributed by atoms with Crippen molar-refractivity contribution in [2.75, 3.05) is 72.1 Å². The van der Waals surface area contributed by atoms with Crippen LogP contribution in [-0.4, -0.2) is 111 Å². The van der Waals surface area contributed by atoms with Gasteiger partial charge >= 0.3 is 6.09 Å². The smallest absolute Gasteiger partial charge is 0.409 e. The molecule has 0 aromatic rings. The minimum absolute atomic E-state index is 0.0487. The summed E-state index contributed by atoms with van der Waals surface area (Å²) in [6.07, 6.45) is 3.16. The molecule has 0 bridgehead atoms. The Morgan fingerprint density at radius 2 is 1.65 bits per heavy atom. The summed E-state index contributed by atoms with van der Waals surface area (Å²) in [5.74, 6) is 1.08. The Kier molecular flexibility index (Phi) is 9.99. The average molecular weight is 502 g/mol. The van der Waals surface area contributed by atoms with E-state index in [0.29, 0.717) is 45.6 Å². The van der Waals surface area contributed by atoms with Crippen LogP contribution in [0.2, 0.25) is 0 Å². The number of amides is 2. The van der Waals surface area contributed by atoms with Crippen LogP contribution in [0, 0.1) is 17.8 Å². The van der Waals surface area contributed by atoms with Gasteiger partial charge in [0.15, 0.2) is 0 Å². The molecule has 196 valence electrons. The highest BCUT2D eigenvalue weighted by molar-refractivity contribution is 7.86. The van der Waals surface area contributed by atoms with Crippen molar-refractivity contribution in [2.24, 2.45) is 17.8 Å². The van der Waals surface area contributed by atoms with Gasteiger partial charge in [-0.05, 0) is 51.0 Å².